The third kappa shape index (κ3) is 4.53. The number of hydrogen-bond donors (Lipinski definition) is 6. The maximum absolute atomic E-state index is 12.3. The number of rotatable bonds is 4. The fourth-order valence-electron chi connectivity index (χ4n) is 3.05. The number of nitrogens with one attached hydrogen (secondary N) is 6. The van der Waals surface area contributed by atoms with E-state index in [1.807, 2.05) is 0 Å². The fraction of sp³-hybridized carbons (Fsp3) is 0.667. The molecular weight excluding hydrogens is 310 g/mol. The number of piperidine rings is 1. The van der Waals surface area contributed by atoms with Gasteiger partial charge in [-0.1, -0.05) is 0 Å². The van der Waals surface area contributed by atoms with Crippen molar-refractivity contribution in [2.75, 3.05) is 19.6 Å². The zero-order chi connectivity index (χ0) is 16.8. The Morgan fingerprint density at radius 1 is 1.08 bits per heavy atom. The first-order valence-corrected chi connectivity index (χ1v) is 8.47. The highest BCUT2D eigenvalue weighted by Crippen LogP contribution is 2.10. The van der Waals surface area contributed by atoms with Crippen LogP contribution >= 0.6 is 0 Å². The molecule has 0 aromatic rings. The average molecular weight is 335 g/mol. The van der Waals surface area contributed by atoms with Crippen LogP contribution in [-0.4, -0.2) is 62.1 Å². The van der Waals surface area contributed by atoms with Crippen LogP contribution in [0.4, 0.5) is 0 Å². The van der Waals surface area contributed by atoms with Crippen LogP contribution in [0.15, 0.2) is 17.4 Å². The van der Waals surface area contributed by atoms with Gasteiger partial charge in [-0.05, 0) is 19.3 Å². The van der Waals surface area contributed by atoms with Gasteiger partial charge in [0, 0.05) is 38.2 Å². The quantitative estimate of drug-likeness (QED) is 0.345. The smallest absolute Gasteiger partial charge is 0.249 e. The second kappa shape index (κ2) is 8.22. The Hall–Kier alpha value is -1.97. The normalized spacial score (nSPS) is 32.7. The molecule has 132 valence electrons. The van der Waals surface area contributed by atoms with Crippen LogP contribution in [0, 0.1) is 0 Å². The van der Waals surface area contributed by atoms with Crippen LogP contribution in [0.1, 0.15) is 19.3 Å². The zero-order valence-electron chi connectivity index (χ0n) is 13.5. The fourth-order valence-corrected chi connectivity index (χ4v) is 3.05. The van der Waals surface area contributed by atoms with Crippen LogP contribution in [0.5, 0.6) is 0 Å². The van der Waals surface area contributed by atoms with Crippen LogP contribution in [0.3, 0.4) is 0 Å². The van der Waals surface area contributed by atoms with Crippen molar-refractivity contribution in [1.82, 2.24) is 31.9 Å². The molecule has 2 fully saturated rings. The van der Waals surface area contributed by atoms with Gasteiger partial charge in [-0.3, -0.25) is 19.9 Å². The van der Waals surface area contributed by atoms with E-state index in [2.05, 4.69) is 36.9 Å². The molecule has 0 aliphatic carbocycles. The summed E-state index contributed by atoms with van der Waals surface area (Å²) in [5.74, 6) is -0.149. The minimum Gasteiger partial charge on any atom is -0.374 e. The molecular formula is C15H25N7O2. The van der Waals surface area contributed by atoms with Gasteiger partial charge in [0.25, 0.3) is 0 Å². The number of carbonyl (C=O) groups is 2. The van der Waals surface area contributed by atoms with E-state index in [-0.39, 0.29) is 30.2 Å². The van der Waals surface area contributed by atoms with E-state index in [4.69, 9.17) is 0 Å². The van der Waals surface area contributed by atoms with Gasteiger partial charge in [0.15, 0.2) is 0 Å². The highest BCUT2D eigenvalue weighted by Gasteiger charge is 2.28. The Balaban J connectivity index is 1.45. The van der Waals surface area contributed by atoms with Crippen molar-refractivity contribution in [3.05, 3.63) is 12.4 Å². The Labute approximate surface area is 141 Å². The van der Waals surface area contributed by atoms with Gasteiger partial charge >= 0.3 is 0 Å². The predicted octanol–water partition coefficient (Wildman–Crippen LogP) is -2.28. The van der Waals surface area contributed by atoms with E-state index < -0.39 is 6.04 Å². The van der Waals surface area contributed by atoms with Crippen molar-refractivity contribution in [3.8, 4) is 0 Å². The SMILES string of the molecule is O=C(NC1CCCC(NC(=O)C2CNCCN2)N1)C1C=NC=CN1. The summed E-state index contributed by atoms with van der Waals surface area (Å²) in [6, 6.07) is -0.658. The van der Waals surface area contributed by atoms with Gasteiger partial charge in [-0.2, -0.15) is 0 Å². The second-order valence-electron chi connectivity index (χ2n) is 6.19. The Kier molecular flexibility index (Phi) is 5.78. The lowest BCUT2D eigenvalue weighted by atomic mass is 10.1. The minimum absolute atomic E-state index is 0.0158. The van der Waals surface area contributed by atoms with Gasteiger partial charge in [-0.25, -0.2) is 0 Å². The van der Waals surface area contributed by atoms with Gasteiger partial charge in [0.05, 0.1) is 18.4 Å². The molecule has 4 atom stereocenters. The Bertz CT molecular complexity index is 516. The summed E-state index contributed by atoms with van der Waals surface area (Å²) >= 11 is 0. The van der Waals surface area contributed by atoms with Crippen LogP contribution in [0.25, 0.3) is 0 Å². The number of carbonyl (C=O) groups excluding carboxylic acids is 2. The third-order valence-corrected chi connectivity index (χ3v) is 4.33. The lowest BCUT2D eigenvalue weighted by Crippen LogP contribution is -2.63. The molecule has 0 aromatic carbocycles. The molecule has 0 bridgehead atoms. The van der Waals surface area contributed by atoms with Crippen molar-refractivity contribution < 1.29 is 9.59 Å². The number of piperazine rings is 1. The van der Waals surface area contributed by atoms with Crippen molar-refractivity contribution in [2.45, 2.75) is 43.7 Å². The average Bonchev–Trinajstić information content (AvgIpc) is 2.63. The number of hydrogen-bond acceptors (Lipinski definition) is 7. The first kappa shape index (κ1) is 16.9. The van der Waals surface area contributed by atoms with E-state index in [1.165, 1.54) is 0 Å². The monoisotopic (exact) mass is 335 g/mol. The molecule has 0 radical (unpaired) electrons. The molecule has 6 N–H and O–H groups in total. The van der Waals surface area contributed by atoms with E-state index in [1.54, 1.807) is 18.6 Å². The van der Waals surface area contributed by atoms with Crippen molar-refractivity contribution in [1.29, 1.82) is 0 Å². The summed E-state index contributed by atoms with van der Waals surface area (Å²) < 4.78 is 0. The van der Waals surface area contributed by atoms with E-state index in [9.17, 15) is 9.59 Å². The number of amides is 2. The molecule has 3 heterocycles. The van der Waals surface area contributed by atoms with Gasteiger partial charge in [-0.15, -0.1) is 0 Å². The van der Waals surface area contributed by atoms with Crippen LogP contribution in [0.2, 0.25) is 0 Å². The first-order chi connectivity index (χ1) is 11.7. The topological polar surface area (TPSA) is 119 Å². The molecule has 24 heavy (non-hydrogen) atoms. The highest BCUT2D eigenvalue weighted by atomic mass is 16.2. The van der Waals surface area contributed by atoms with Crippen molar-refractivity contribution in [3.63, 3.8) is 0 Å². The molecule has 9 nitrogen and oxygen atoms in total. The molecule has 4 unspecified atom stereocenters. The maximum Gasteiger partial charge on any atom is 0.249 e. The standard InChI is InChI=1S/C15H25N7O2/c23-14(10-8-16-4-6-18-10)21-12-2-1-3-13(20-12)22-15(24)11-9-17-5-7-19-11/h4,6,8,10-13,17-20H,1-3,5,7,9H2,(H,21,23)(H,22,24). The van der Waals surface area contributed by atoms with Crippen LogP contribution in [-0.2, 0) is 9.59 Å². The van der Waals surface area contributed by atoms with Crippen molar-refractivity contribution in [2.24, 2.45) is 4.99 Å². The van der Waals surface area contributed by atoms with Gasteiger partial charge < -0.3 is 26.6 Å². The Morgan fingerprint density at radius 3 is 2.54 bits per heavy atom. The summed E-state index contributed by atoms with van der Waals surface area (Å²) in [5.41, 5.74) is 0. The summed E-state index contributed by atoms with van der Waals surface area (Å²) in [7, 11) is 0. The molecule has 3 rings (SSSR count). The summed E-state index contributed by atoms with van der Waals surface area (Å²) in [6.07, 6.45) is 7.15. The molecule has 2 saturated heterocycles. The summed E-state index contributed by atoms with van der Waals surface area (Å²) in [4.78, 5) is 28.4. The zero-order valence-corrected chi connectivity index (χ0v) is 13.5. The molecule has 3 aliphatic heterocycles. The lowest BCUT2D eigenvalue weighted by Gasteiger charge is -2.34. The Morgan fingerprint density at radius 2 is 1.88 bits per heavy atom. The largest absolute Gasteiger partial charge is 0.374 e. The highest BCUT2D eigenvalue weighted by molar-refractivity contribution is 5.98. The first-order valence-electron chi connectivity index (χ1n) is 8.47. The van der Waals surface area contributed by atoms with E-state index in [0.717, 1.165) is 32.4 Å². The minimum atomic E-state index is -0.454. The molecule has 0 saturated carbocycles. The van der Waals surface area contributed by atoms with E-state index in [0.29, 0.717) is 6.54 Å². The summed E-state index contributed by atoms with van der Waals surface area (Å²) in [6.45, 7) is 2.31. The van der Waals surface area contributed by atoms with Crippen molar-refractivity contribution >= 4 is 18.0 Å². The molecule has 9 heteroatoms. The second-order valence-corrected chi connectivity index (χ2v) is 6.19. The number of nitrogens with zero attached hydrogens (tertiary/aromatic N) is 1. The lowest BCUT2D eigenvalue weighted by molar-refractivity contribution is -0.124. The molecule has 2 amide bonds. The van der Waals surface area contributed by atoms with E-state index >= 15 is 0 Å². The van der Waals surface area contributed by atoms with Gasteiger partial charge in [0.2, 0.25) is 11.8 Å². The predicted molar refractivity (Wildman–Crippen MR) is 90.1 cm³/mol. The molecule has 0 aromatic heterocycles. The number of aliphatic imine (C=N–C) groups is 1. The molecule has 3 aliphatic rings. The molecule has 0 spiro atoms. The third-order valence-electron chi connectivity index (χ3n) is 4.33. The van der Waals surface area contributed by atoms with Crippen LogP contribution < -0.4 is 31.9 Å². The summed E-state index contributed by atoms with van der Waals surface area (Å²) in [5, 5.41) is 18.6. The maximum atomic E-state index is 12.3. The van der Waals surface area contributed by atoms with Gasteiger partial charge in [0.1, 0.15) is 6.04 Å².